The summed E-state index contributed by atoms with van der Waals surface area (Å²) in [5, 5.41) is 2.68. The van der Waals surface area contributed by atoms with E-state index in [-0.39, 0.29) is 11.7 Å². The second-order valence-electron chi connectivity index (χ2n) is 4.78. The van der Waals surface area contributed by atoms with Crippen LogP contribution in [-0.4, -0.2) is 25.0 Å². The lowest BCUT2D eigenvalue weighted by Gasteiger charge is -2.11. The molecule has 0 bridgehead atoms. The van der Waals surface area contributed by atoms with Crippen molar-refractivity contribution in [3.8, 4) is 0 Å². The zero-order valence-corrected chi connectivity index (χ0v) is 12.0. The zero-order chi connectivity index (χ0) is 15.1. The van der Waals surface area contributed by atoms with Crippen LogP contribution in [0.5, 0.6) is 0 Å². The van der Waals surface area contributed by atoms with Crippen LogP contribution in [0, 0.1) is 5.92 Å². The van der Waals surface area contributed by atoms with Crippen LogP contribution in [0.25, 0.3) is 6.08 Å². The van der Waals surface area contributed by atoms with Gasteiger partial charge in [-0.1, -0.05) is 36.4 Å². The summed E-state index contributed by atoms with van der Waals surface area (Å²) in [5.74, 6) is 0.0830. The molecule has 2 rings (SSSR count). The summed E-state index contributed by atoms with van der Waals surface area (Å²) in [7, 11) is 0. The number of benzene rings is 1. The first-order valence-electron chi connectivity index (χ1n) is 7.10. The van der Waals surface area contributed by atoms with Crippen molar-refractivity contribution in [2.45, 2.75) is 13.3 Å². The van der Waals surface area contributed by atoms with Gasteiger partial charge in [-0.3, -0.25) is 4.79 Å². The summed E-state index contributed by atoms with van der Waals surface area (Å²) in [6.07, 6.45) is 5.67. The molecule has 0 spiro atoms. The van der Waals surface area contributed by atoms with E-state index in [4.69, 9.17) is 4.74 Å². The third-order valence-corrected chi connectivity index (χ3v) is 3.29. The maximum atomic E-state index is 11.9. The molecule has 1 aromatic carbocycles. The number of ether oxygens (including phenoxy) is 1. The maximum Gasteiger partial charge on any atom is 0.407 e. The van der Waals surface area contributed by atoms with Gasteiger partial charge in [0.25, 0.3) is 0 Å². The van der Waals surface area contributed by atoms with E-state index in [9.17, 15) is 9.59 Å². The topological polar surface area (TPSA) is 55.4 Å². The van der Waals surface area contributed by atoms with E-state index in [1.807, 2.05) is 42.5 Å². The Bertz CT molecular complexity index is 561. The largest absolute Gasteiger partial charge is 0.450 e. The Morgan fingerprint density at radius 1 is 1.33 bits per heavy atom. The highest BCUT2D eigenvalue weighted by molar-refractivity contribution is 6.10. The first-order valence-corrected chi connectivity index (χ1v) is 7.10. The third-order valence-electron chi connectivity index (χ3n) is 3.29. The van der Waals surface area contributed by atoms with Gasteiger partial charge in [0.15, 0.2) is 5.78 Å². The molecule has 0 saturated carbocycles. The number of hydrogen-bond acceptors (Lipinski definition) is 3. The summed E-state index contributed by atoms with van der Waals surface area (Å²) in [4.78, 5) is 23.1. The molecule has 0 radical (unpaired) electrons. The Kier molecular flexibility index (Phi) is 5.32. The molecule has 1 atom stereocenters. The van der Waals surface area contributed by atoms with Crippen molar-refractivity contribution in [2.75, 3.05) is 13.2 Å². The van der Waals surface area contributed by atoms with Crippen LogP contribution in [0.4, 0.5) is 4.79 Å². The van der Waals surface area contributed by atoms with Gasteiger partial charge in [0.1, 0.15) is 0 Å². The molecule has 21 heavy (non-hydrogen) atoms. The Hall–Kier alpha value is -2.36. The van der Waals surface area contributed by atoms with Crippen LogP contribution < -0.4 is 5.32 Å². The summed E-state index contributed by atoms with van der Waals surface area (Å²) in [5.41, 5.74) is 1.78. The van der Waals surface area contributed by atoms with Gasteiger partial charge in [0.05, 0.1) is 6.61 Å². The summed E-state index contributed by atoms with van der Waals surface area (Å²) < 4.78 is 4.80. The Morgan fingerprint density at radius 2 is 2.10 bits per heavy atom. The van der Waals surface area contributed by atoms with Crippen LogP contribution in [0.15, 0.2) is 48.1 Å². The van der Waals surface area contributed by atoms with E-state index in [1.165, 1.54) is 0 Å². The number of hydrogen-bond donors (Lipinski definition) is 1. The van der Waals surface area contributed by atoms with Gasteiger partial charge < -0.3 is 10.1 Å². The molecule has 0 saturated heterocycles. The van der Waals surface area contributed by atoms with E-state index in [1.54, 1.807) is 13.0 Å². The number of alkyl carbamates (subject to hydrolysis) is 1. The minimum Gasteiger partial charge on any atom is -0.450 e. The van der Waals surface area contributed by atoms with E-state index < -0.39 is 6.09 Å². The van der Waals surface area contributed by atoms with Crippen molar-refractivity contribution in [3.63, 3.8) is 0 Å². The number of rotatable bonds is 5. The van der Waals surface area contributed by atoms with E-state index in [0.29, 0.717) is 19.6 Å². The van der Waals surface area contributed by atoms with Crippen LogP contribution >= 0.6 is 0 Å². The number of amides is 1. The van der Waals surface area contributed by atoms with E-state index in [0.717, 1.165) is 11.1 Å². The average molecular weight is 285 g/mol. The van der Waals surface area contributed by atoms with Crippen LogP contribution in [0.3, 0.4) is 0 Å². The number of nitrogens with one attached hydrogen (secondary N) is 1. The lowest BCUT2D eigenvalue weighted by Crippen LogP contribution is -2.26. The monoisotopic (exact) mass is 285 g/mol. The first-order chi connectivity index (χ1) is 10.2. The minimum atomic E-state index is -0.417. The van der Waals surface area contributed by atoms with Crippen LogP contribution in [0.2, 0.25) is 0 Å². The highest BCUT2D eigenvalue weighted by Gasteiger charge is 2.22. The van der Waals surface area contributed by atoms with Gasteiger partial charge in [-0.25, -0.2) is 4.79 Å². The molecule has 0 aromatic heterocycles. The Morgan fingerprint density at radius 3 is 2.81 bits per heavy atom. The molecular formula is C17H19NO3. The molecule has 110 valence electrons. The maximum absolute atomic E-state index is 11.9. The Labute approximate surface area is 124 Å². The smallest absolute Gasteiger partial charge is 0.407 e. The highest BCUT2D eigenvalue weighted by Crippen LogP contribution is 2.26. The lowest BCUT2D eigenvalue weighted by molar-refractivity contribution is -0.111. The van der Waals surface area contributed by atoms with Crippen LogP contribution in [0.1, 0.15) is 18.9 Å². The summed E-state index contributed by atoms with van der Waals surface area (Å²) in [6, 6.07) is 9.75. The zero-order valence-electron chi connectivity index (χ0n) is 12.0. The number of ketones is 1. The molecule has 4 nitrogen and oxygen atoms in total. The van der Waals surface area contributed by atoms with Gasteiger partial charge in [0, 0.05) is 18.0 Å². The fraction of sp³-hybridized carbons (Fsp3) is 0.294. The van der Waals surface area contributed by atoms with Crippen molar-refractivity contribution >= 4 is 18.0 Å². The standard InChI is InChI=1S/C17H19NO3/c1-2-21-17(20)18-11-10-14-8-9-16(19)15(14)12-13-6-4-3-5-7-13/h3-9,12,14H,2,10-11H2,1H3,(H,18,20)/b15-12+. The first kappa shape index (κ1) is 15.0. The molecule has 0 aliphatic heterocycles. The fourth-order valence-electron chi connectivity index (χ4n) is 2.26. The van der Waals surface area contributed by atoms with E-state index >= 15 is 0 Å². The average Bonchev–Trinajstić information content (AvgIpc) is 2.82. The molecular weight excluding hydrogens is 266 g/mol. The SMILES string of the molecule is CCOC(=O)NCCC1C=CC(=O)/C1=C/c1ccccc1. The van der Waals surface area contributed by atoms with Crippen molar-refractivity contribution in [2.24, 2.45) is 5.92 Å². The van der Waals surface area contributed by atoms with Crippen LogP contribution in [-0.2, 0) is 9.53 Å². The molecule has 1 amide bonds. The number of allylic oxidation sites excluding steroid dienone is 3. The molecule has 1 aliphatic carbocycles. The normalized spacial score (nSPS) is 19.0. The van der Waals surface area contributed by atoms with E-state index in [2.05, 4.69) is 5.32 Å². The minimum absolute atomic E-state index is 0.0413. The Balaban J connectivity index is 1.96. The predicted molar refractivity (Wildman–Crippen MR) is 81.7 cm³/mol. The highest BCUT2D eigenvalue weighted by atomic mass is 16.5. The summed E-state index contributed by atoms with van der Waals surface area (Å²) >= 11 is 0. The lowest BCUT2D eigenvalue weighted by atomic mass is 9.96. The molecule has 0 fully saturated rings. The van der Waals surface area contributed by atoms with Gasteiger partial charge >= 0.3 is 6.09 Å². The molecule has 1 N–H and O–H groups in total. The molecule has 0 heterocycles. The van der Waals surface area contributed by atoms with Gasteiger partial charge in [0.2, 0.25) is 0 Å². The van der Waals surface area contributed by atoms with Gasteiger partial charge in [-0.15, -0.1) is 0 Å². The predicted octanol–water partition coefficient (Wildman–Crippen LogP) is 2.96. The molecule has 1 aromatic rings. The number of carbonyl (C=O) groups excluding carboxylic acids is 2. The third kappa shape index (κ3) is 4.31. The number of carbonyl (C=O) groups is 2. The van der Waals surface area contributed by atoms with Crippen molar-refractivity contribution < 1.29 is 14.3 Å². The van der Waals surface area contributed by atoms with Crippen molar-refractivity contribution in [1.82, 2.24) is 5.32 Å². The quantitative estimate of drug-likeness (QED) is 0.846. The van der Waals surface area contributed by atoms with Crippen molar-refractivity contribution in [1.29, 1.82) is 0 Å². The van der Waals surface area contributed by atoms with Gasteiger partial charge in [-0.2, -0.15) is 0 Å². The molecule has 1 unspecified atom stereocenters. The second-order valence-corrected chi connectivity index (χ2v) is 4.78. The molecule has 4 heteroatoms. The summed E-state index contributed by atoms with van der Waals surface area (Å²) in [6.45, 7) is 2.60. The molecule has 1 aliphatic rings. The van der Waals surface area contributed by atoms with Gasteiger partial charge in [-0.05, 0) is 31.1 Å². The fourth-order valence-corrected chi connectivity index (χ4v) is 2.26. The second kappa shape index (κ2) is 7.43. The van der Waals surface area contributed by atoms with Crippen molar-refractivity contribution in [3.05, 3.63) is 53.6 Å².